The smallest absolute Gasteiger partial charge is 0.323 e. The molecule has 1 saturated heterocycles. The van der Waals surface area contributed by atoms with Gasteiger partial charge in [-0.2, -0.15) is 13.2 Å². The molecular weight excluding hydrogens is 349 g/mol. The van der Waals surface area contributed by atoms with Gasteiger partial charge in [0.05, 0.1) is 17.2 Å². The molecule has 3 amide bonds. The lowest BCUT2D eigenvalue weighted by Gasteiger charge is -2.19. The van der Waals surface area contributed by atoms with Crippen LogP contribution in [-0.2, 0) is 11.0 Å². The average molecular weight is 358 g/mol. The van der Waals surface area contributed by atoms with E-state index in [1.54, 1.807) is 0 Å². The van der Waals surface area contributed by atoms with E-state index in [4.69, 9.17) is 5.53 Å². The Labute approximate surface area is 137 Å². The Balaban J connectivity index is 2.52. The van der Waals surface area contributed by atoms with E-state index < -0.39 is 52.1 Å². The van der Waals surface area contributed by atoms with Crippen LogP contribution in [0.4, 0.5) is 29.3 Å². The fraction of sp³-hybridized carbons (Fsp3) is 0.333. The van der Waals surface area contributed by atoms with E-state index in [0.29, 0.717) is 17.0 Å². The molecule has 0 radical (unpaired) electrons. The number of hydrogen-bond donors (Lipinski definition) is 1. The summed E-state index contributed by atoms with van der Waals surface area (Å²) < 4.78 is 39.1. The summed E-state index contributed by atoms with van der Waals surface area (Å²) in [6.45, 7) is 0.779. The zero-order chi connectivity index (χ0) is 19.0. The number of imide groups is 1. The zero-order valence-electron chi connectivity index (χ0n) is 12.4. The van der Waals surface area contributed by atoms with E-state index in [1.165, 1.54) is 6.92 Å². The predicted octanol–water partition coefficient (Wildman–Crippen LogP) is 2.74. The maximum absolute atomic E-state index is 13.0. The lowest BCUT2D eigenvalue weighted by molar-refractivity contribution is -0.388. The van der Waals surface area contributed by atoms with Crippen LogP contribution in [0.25, 0.3) is 10.4 Å². The first-order valence-corrected chi connectivity index (χ1v) is 6.54. The maximum Gasteiger partial charge on any atom is 0.423 e. The topological polar surface area (TPSA) is 141 Å². The van der Waals surface area contributed by atoms with E-state index in [1.807, 2.05) is 0 Å². The SMILES string of the molecule is CC1(CN=[N+]=[N-])NC(=O)N(c2ccc([N+](=O)[O-])c(C(F)(F)F)c2)C1=O. The van der Waals surface area contributed by atoms with Crippen LogP contribution in [0.5, 0.6) is 0 Å². The molecule has 1 heterocycles. The Bertz CT molecular complexity index is 820. The van der Waals surface area contributed by atoms with Crippen LogP contribution in [0.15, 0.2) is 23.3 Å². The summed E-state index contributed by atoms with van der Waals surface area (Å²) in [4.78, 5) is 36.8. The highest BCUT2D eigenvalue weighted by Gasteiger charge is 2.49. The van der Waals surface area contributed by atoms with Crippen molar-refractivity contribution in [1.82, 2.24) is 5.32 Å². The largest absolute Gasteiger partial charge is 0.423 e. The van der Waals surface area contributed by atoms with Crippen molar-refractivity contribution in [3.8, 4) is 0 Å². The normalized spacial score (nSPS) is 20.2. The van der Waals surface area contributed by atoms with Gasteiger partial charge in [0.1, 0.15) is 11.1 Å². The van der Waals surface area contributed by atoms with Crippen LogP contribution in [0, 0.1) is 10.1 Å². The number of urea groups is 1. The molecule has 25 heavy (non-hydrogen) atoms. The van der Waals surface area contributed by atoms with E-state index >= 15 is 0 Å². The molecule has 1 aromatic carbocycles. The van der Waals surface area contributed by atoms with Gasteiger partial charge in [0, 0.05) is 11.0 Å². The molecule has 0 aliphatic carbocycles. The molecule has 132 valence electrons. The number of carbonyl (C=O) groups is 2. The molecule has 1 aliphatic rings. The van der Waals surface area contributed by atoms with Crippen molar-refractivity contribution in [2.75, 3.05) is 11.4 Å². The maximum atomic E-state index is 13.0. The van der Waals surface area contributed by atoms with E-state index in [9.17, 15) is 32.9 Å². The van der Waals surface area contributed by atoms with Gasteiger partial charge in [0.2, 0.25) is 0 Å². The Morgan fingerprint density at radius 3 is 2.60 bits per heavy atom. The number of nitrogens with one attached hydrogen (secondary N) is 1. The molecule has 1 atom stereocenters. The minimum Gasteiger partial charge on any atom is -0.323 e. The molecule has 0 bridgehead atoms. The second-order valence-electron chi connectivity index (χ2n) is 5.25. The molecular formula is C12H9F3N6O4. The second kappa shape index (κ2) is 5.94. The Kier molecular flexibility index (Phi) is 4.28. The first-order chi connectivity index (χ1) is 11.5. The molecule has 0 spiro atoms. The summed E-state index contributed by atoms with van der Waals surface area (Å²) in [6, 6.07) is 0.712. The van der Waals surface area contributed by atoms with Crippen LogP contribution >= 0.6 is 0 Å². The van der Waals surface area contributed by atoms with Gasteiger partial charge in [0.25, 0.3) is 11.6 Å². The summed E-state index contributed by atoms with van der Waals surface area (Å²) in [5, 5.41) is 16.1. The monoisotopic (exact) mass is 358 g/mol. The van der Waals surface area contributed by atoms with Gasteiger partial charge in [0.15, 0.2) is 0 Å². The first kappa shape index (κ1) is 18.0. The van der Waals surface area contributed by atoms with Gasteiger partial charge >= 0.3 is 12.2 Å². The zero-order valence-corrected chi connectivity index (χ0v) is 12.4. The number of alkyl halides is 3. The molecule has 2 rings (SSSR count). The summed E-state index contributed by atoms with van der Waals surface area (Å²) >= 11 is 0. The number of anilines is 1. The minimum absolute atomic E-state index is 0.342. The molecule has 0 aromatic heterocycles. The molecule has 1 aliphatic heterocycles. The van der Waals surface area contributed by atoms with Gasteiger partial charge in [-0.15, -0.1) is 0 Å². The third-order valence-corrected chi connectivity index (χ3v) is 3.45. The standard InChI is InChI=1S/C12H9F3N6O4/c1-11(5-17-19-16)9(22)20(10(23)18-11)6-2-3-8(21(24)25)7(4-6)12(13,14)15/h2-4H,5H2,1H3,(H,18,23). The number of rotatable bonds is 4. The number of azide groups is 1. The molecule has 1 N–H and O–H groups in total. The fourth-order valence-corrected chi connectivity index (χ4v) is 2.25. The Morgan fingerprint density at radius 1 is 1.44 bits per heavy atom. The summed E-state index contributed by atoms with van der Waals surface area (Å²) in [7, 11) is 0. The van der Waals surface area contributed by atoms with Gasteiger partial charge in [-0.25, -0.2) is 9.69 Å². The van der Waals surface area contributed by atoms with Gasteiger partial charge in [-0.05, 0) is 24.6 Å². The number of halogens is 3. The lowest BCUT2D eigenvalue weighted by Crippen LogP contribution is -2.46. The van der Waals surface area contributed by atoms with Crippen molar-refractivity contribution < 1.29 is 27.7 Å². The number of carbonyl (C=O) groups excluding carboxylic acids is 2. The van der Waals surface area contributed by atoms with Crippen molar-refractivity contribution in [1.29, 1.82) is 0 Å². The summed E-state index contributed by atoms with van der Waals surface area (Å²) in [5.41, 5.74) is 3.38. The highest BCUT2D eigenvalue weighted by Crippen LogP contribution is 2.39. The van der Waals surface area contributed by atoms with Crippen molar-refractivity contribution in [3.63, 3.8) is 0 Å². The lowest BCUT2D eigenvalue weighted by atomic mass is 10.0. The molecule has 13 heteroatoms. The van der Waals surface area contributed by atoms with E-state index in [0.717, 1.165) is 6.07 Å². The Hall–Kier alpha value is -3.34. The average Bonchev–Trinajstić information content (AvgIpc) is 2.73. The van der Waals surface area contributed by atoms with Crippen LogP contribution in [0.3, 0.4) is 0 Å². The van der Waals surface area contributed by atoms with Crippen LogP contribution < -0.4 is 10.2 Å². The molecule has 1 aromatic rings. The molecule has 10 nitrogen and oxygen atoms in total. The van der Waals surface area contributed by atoms with Gasteiger partial charge in [-0.3, -0.25) is 14.9 Å². The van der Waals surface area contributed by atoms with E-state index in [-0.39, 0.29) is 0 Å². The van der Waals surface area contributed by atoms with Crippen LogP contribution in [0.2, 0.25) is 0 Å². The number of nitrogens with zero attached hydrogens (tertiary/aromatic N) is 5. The number of nitro groups is 1. The van der Waals surface area contributed by atoms with Gasteiger partial charge in [-0.1, -0.05) is 5.11 Å². The first-order valence-electron chi connectivity index (χ1n) is 6.54. The highest BCUT2D eigenvalue weighted by molar-refractivity contribution is 6.23. The Morgan fingerprint density at radius 2 is 2.08 bits per heavy atom. The van der Waals surface area contributed by atoms with Crippen molar-refractivity contribution in [2.45, 2.75) is 18.6 Å². The fourth-order valence-electron chi connectivity index (χ4n) is 2.25. The number of benzene rings is 1. The minimum atomic E-state index is -5.06. The molecule has 0 saturated carbocycles. The molecule has 1 fully saturated rings. The third kappa shape index (κ3) is 3.17. The van der Waals surface area contributed by atoms with Crippen molar-refractivity contribution in [2.24, 2.45) is 5.11 Å². The van der Waals surface area contributed by atoms with Crippen LogP contribution in [0.1, 0.15) is 12.5 Å². The quantitative estimate of drug-likeness (QED) is 0.220. The predicted molar refractivity (Wildman–Crippen MR) is 76.5 cm³/mol. The van der Waals surface area contributed by atoms with Crippen molar-refractivity contribution >= 4 is 23.3 Å². The number of amides is 3. The number of hydrogen-bond acceptors (Lipinski definition) is 5. The highest BCUT2D eigenvalue weighted by atomic mass is 19.4. The summed E-state index contributed by atoms with van der Waals surface area (Å²) in [6.07, 6.45) is -5.06. The second-order valence-corrected chi connectivity index (χ2v) is 5.25. The summed E-state index contributed by atoms with van der Waals surface area (Å²) in [5.74, 6) is -0.952. The molecule has 1 unspecified atom stereocenters. The number of nitro benzene ring substituents is 1. The van der Waals surface area contributed by atoms with E-state index in [2.05, 4.69) is 15.3 Å². The third-order valence-electron chi connectivity index (χ3n) is 3.45. The van der Waals surface area contributed by atoms with Crippen LogP contribution in [-0.4, -0.2) is 28.9 Å². The van der Waals surface area contributed by atoms with Gasteiger partial charge < -0.3 is 5.32 Å². The van der Waals surface area contributed by atoms with Crippen molar-refractivity contribution in [3.05, 3.63) is 44.3 Å².